The molecular formula is C29H27F9N6O7. The molecule has 0 spiro atoms. The summed E-state index contributed by atoms with van der Waals surface area (Å²) in [6.45, 7) is 3.07. The van der Waals surface area contributed by atoms with Crippen molar-refractivity contribution in [1.82, 2.24) is 29.2 Å². The van der Waals surface area contributed by atoms with Crippen molar-refractivity contribution in [3.05, 3.63) is 83.7 Å². The monoisotopic (exact) mass is 742 g/mol. The summed E-state index contributed by atoms with van der Waals surface area (Å²) in [5, 5.41) is 26.3. The van der Waals surface area contributed by atoms with E-state index in [1.807, 2.05) is 35.1 Å². The van der Waals surface area contributed by atoms with Crippen LogP contribution in [0.25, 0.3) is 11.3 Å². The number of alkyl halides is 9. The second kappa shape index (κ2) is 17.3. The summed E-state index contributed by atoms with van der Waals surface area (Å²) in [4.78, 5) is 37.9. The van der Waals surface area contributed by atoms with Gasteiger partial charge in [0.2, 0.25) is 5.88 Å². The highest BCUT2D eigenvalue weighted by Gasteiger charge is 2.39. The minimum absolute atomic E-state index is 0.659. The first-order valence-electron chi connectivity index (χ1n) is 13.8. The van der Waals surface area contributed by atoms with Crippen molar-refractivity contribution in [2.45, 2.75) is 44.7 Å². The molecule has 0 radical (unpaired) electrons. The number of aromatic nitrogens is 5. The van der Waals surface area contributed by atoms with E-state index in [2.05, 4.69) is 51.0 Å². The molecule has 1 aliphatic heterocycles. The summed E-state index contributed by atoms with van der Waals surface area (Å²) >= 11 is 0. The van der Waals surface area contributed by atoms with Gasteiger partial charge in [0.15, 0.2) is 0 Å². The number of hydrogen-bond acceptors (Lipinski definition) is 8. The van der Waals surface area contributed by atoms with Gasteiger partial charge in [0.25, 0.3) is 0 Å². The first kappa shape index (κ1) is 41.5. The maximum absolute atomic E-state index is 10.6. The van der Waals surface area contributed by atoms with Gasteiger partial charge in [0.1, 0.15) is 0 Å². The van der Waals surface area contributed by atoms with Gasteiger partial charge in [-0.2, -0.15) is 44.6 Å². The van der Waals surface area contributed by atoms with Crippen molar-refractivity contribution >= 4 is 17.9 Å². The molecule has 0 atom stereocenters. The van der Waals surface area contributed by atoms with Gasteiger partial charge in [-0.1, -0.05) is 12.1 Å². The molecule has 0 bridgehead atoms. The Kier molecular flexibility index (Phi) is 14.1. The van der Waals surface area contributed by atoms with Gasteiger partial charge in [0, 0.05) is 73.9 Å². The second-order valence-electron chi connectivity index (χ2n) is 10.0. The topological polar surface area (TPSA) is 173 Å². The van der Waals surface area contributed by atoms with Crippen LogP contribution in [0.4, 0.5) is 39.5 Å². The molecule has 278 valence electrons. The Balaban J connectivity index is 0.000000352. The van der Waals surface area contributed by atoms with Crippen LogP contribution in [0, 0.1) is 0 Å². The number of carbonyl (C=O) groups is 3. The van der Waals surface area contributed by atoms with Crippen LogP contribution in [0.2, 0.25) is 0 Å². The lowest BCUT2D eigenvalue weighted by Gasteiger charge is -2.21. The Morgan fingerprint density at radius 3 is 1.82 bits per heavy atom. The molecule has 51 heavy (non-hydrogen) atoms. The zero-order valence-electron chi connectivity index (χ0n) is 26.2. The van der Waals surface area contributed by atoms with Crippen molar-refractivity contribution in [2.24, 2.45) is 7.05 Å². The van der Waals surface area contributed by atoms with E-state index in [0.29, 0.717) is 12.4 Å². The highest BCUT2D eigenvalue weighted by atomic mass is 19.4. The summed E-state index contributed by atoms with van der Waals surface area (Å²) in [5.74, 6) is -7.59. The fraction of sp³-hybridized carbons (Fsp3) is 0.310. The van der Waals surface area contributed by atoms with Crippen molar-refractivity contribution in [3.8, 4) is 17.1 Å². The molecule has 4 aromatic rings. The van der Waals surface area contributed by atoms with Crippen molar-refractivity contribution < 1.29 is 74.0 Å². The molecule has 5 heterocycles. The van der Waals surface area contributed by atoms with Crippen LogP contribution in [0.5, 0.6) is 5.88 Å². The van der Waals surface area contributed by atoms with Crippen LogP contribution in [0.3, 0.4) is 0 Å². The van der Waals surface area contributed by atoms with E-state index in [1.165, 1.54) is 16.8 Å². The largest absolute Gasteiger partial charge is 0.490 e. The third-order valence-electron chi connectivity index (χ3n) is 6.28. The first-order chi connectivity index (χ1) is 23.5. The predicted octanol–water partition coefficient (Wildman–Crippen LogP) is 5.15. The van der Waals surface area contributed by atoms with Gasteiger partial charge >= 0.3 is 36.4 Å². The highest BCUT2D eigenvalue weighted by Crippen LogP contribution is 2.33. The van der Waals surface area contributed by atoms with E-state index in [-0.39, 0.29) is 0 Å². The quantitative estimate of drug-likeness (QED) is 0.231. The molecule has 0 aromatic carbocycles. The summed E-state index contributed by atoms with van der Waals surface area (Å²) in [7, 11) is 3.76. The van der Waals surface area contributed by atoms with Crippen molar-refractivity contribution in [2.75, 3.05) is 7.11 Å². The summed E-state index contributed by atoms with van der Waals surface area (Å²) in [6, 6.07) is 12.2. The van der Waals surface area contributed by atoms with Crippen LogP contribution in [-0.4, -0.2) is 88.1 Å². The molecule has 22 heteroatoms. The van der Waals surface area contributed by atoms with Crippen LogP contribution in [0.15, 0.2) is 61.2 Å². The molecule has 5 rings (SSSR count). The maximum Gasteiger partial charge on any atom is 0.490 e. The molecule has 0 saturated carbocycles. The molecule has 0 aliphatic carbocycles. The molecule has 13 nitrogen and oxygen atoms in total. The van der Waals surface area contributed by atoms with Gasteiger partial charge in [-0.25, -0.2) is 19.4 Å². The lowest BCUT2D eigenvalue weighted by molar-refractivity contribution is -0.193. The number of aryl methyl sites for hydroxylation is 1. The molecular weight excluding hydrogens is 715 g/mol. The second-order valence-corrected chi connectivity index (χ2v) is 10.0. The molecule has 0 saturated heterocycles. The van der Waals surface area contributed by atoms with Crippen molar-refractivity contribution in [1.29, 1.82) is 0 Å². The Hall–Kier alpha value is -5.67. The molecule has 0 amide bonds. The van der Waals surface area contributed by atoms with Crippen molar-refractivity contribution in [3.63, 3.8) is 0 Å². The SMILES string of the molecule is COc1ncccc1CN1Cc2cn(Cc3ccccn3)nc2-c2ccn(C)c2C1.O=C(O)C(F)(F)F.O=C(O)C(F)(F)F.O=C(O)C(F)(F)F. The molecule has 0 fully saturated rings. The third kappa shape index (κ3) is 12.9. The number of nitrogens with zero attached hydrogens (tertiary/aromatic N) is 6. The average molecular weight is 743 g/mol. The van der Waals surface area contributed by atoms with Crippen LogP contribution in [0.1, 0.15) is 22.5 Å². The summed E-state index contributed by atoms with van der Waals surface area (Å²) < 4.78 is 105. The van der Waals surface area contributed by atoms with E-state index in [0.717, 1.165) is 36.6 Å². The van der Waals surface area contributed by atoms with Crippen LogP contribution < -0.4 is 4.74 Å². The minimum Gasteiger partial charge on any atom is -0.481 e. The number of halogens is 9. The number of carboxylic acid groups (broad SMARTS) is 3. The number of methoxy groups -OCH3 is 1. The highest BCUT2D eigenvalue weighted by molar-refractivity contribution is 5.73. The molecule has 3 N–H and O–H groups in total. The van der Waals surface area contributed by atoms with Gasteiger partial charge in [0.05, 0.1) is 25.0 Å². The number of fused-ring (bicyclic) bond motifs is 3. The lowest BCUT2D eigenvalue weighted by atomic mass is 10.1. The number of ether oxygens (including phenoxy) is 1. The Bertz CT molecular complexity index is 1720. The third-order valence-corrected chi connectivity index (χ3v) is 6.28. The standard InChI is InChI=1S/C23H24N6O.3C2HF3O2/c1-27-11-8-20-21(27)16-28(12-17-6-5-10-25-23(17)30-2)13-18-14-29(26-22(18)20)15-19-7-3-4-9-24-19;3*3-2(4,5)1(6)7/h3-11,14H,12-13,15-16H2,1-2H3;3*(H,6,7). The van der Waals surface area contributed by atoms with E-state index < -0.39 is 36.4 Å². The zero-order chi connectivity index (χ0) is 38.7. The Labute approximate surface area is 281 Å². The number of carboxylic acids is 3. The number of rotatable bonds is 5. The van der Waals surface area contributed by atoms with Gasteiger partial charge < -0.3 is 24.6 Å². The van der Waals surface area contributed by atoms with E-state index in [9.17, 15) is 39.5 Å². The summed E-state index contributed by atoms with van der Waals surface area (Å²) in [6.07, 6.45) is -7.40. The number of hydrogen-bond donors (Lipinski definition) is 3. The van der Waals surface area contributed by atoms with E-state index in [4.69, 9.17) is 39.5 Å². The first-order valence-corrected chi connectivity index (χ1v) is 13.8. The van der Waals surface area contributed by atoms with Gasteiger partial charge in [-0.05, 0) is 24.3 Å². The van der Waals surface area contributed by atoms with Gasteiger partial charge in [-0.15, -0.1) is 0 Å². The maximum atomic E-state index is 10.6. The predicted molar refractivity (Wildman–Crippen MR) is 155 cm³/mol. The average Bonchev–Trinajstić information content (AvgIpc) is 3.55. The molecule has 0 unspecified atom stereocenters. The fourth-order valence-corrected chi connectivity index (χ4v) is 4.11. The summed E-state index contributed by atoms with van der Waals surface area (Å²) in [5.41, 5.74) is 6.83. The number of pyridine rings is 2. The van der Waals surface area contributed by atoms with Crippen LogP contribution >= 0.6 is 0 Å². The zero-order valence-corrected chi connectivity index (χ0v) is 26.2. The number of aliphatic carboxylic acids is 3. The van der Waals surface area contributed by atoms with E-state index in [1.54, 1.807) is 13.3 Å². The van der Waals surface area contributed by atoms with Crippen LogP contribution in [-0.2, 0) is 47.6 Å². The van der Waals surface area contributed by atoms with E-state index >= 15 is 0 Å². The molecule has 4 aromatic heterocycles. The lowest BCUT2D eigenvalue weighted by Crippen LogP contribution is -2.23. The Morgan fingerprint density at radius 2 is 1.33 bits per heavy atom. The normalized spacial score (nSPS) is 12.6. The Morgan fingerprint density at radius 1 is 0.784 bits per heavy atom. The fourth-order valence-electron chi connectivity index (χ4n) is 4.11. The van der Waals surface area contributed by atoms with Gasteiger partial charge in [-0.3, -0.25) is 14.6 Å². The smallest absolute Gasteiger partial charge is 0.481 e. The minimum atomic E-state index is -5.08. The molecule has 1 aliphatic rings.